The summed E-state index contributed by atoms with van der Waals surface area (Å²) < 4.78 is 5.64. The fourth-order valence-electron chi connectivity index (χ4n) is 2.60. The van der Waals surface area contributed by atoms with E-state index in [1.807, 2.05) is 4.90 Å². The summed E-state index contributed by atoms with van der Waals surface area (Å²) in [4.78, 5) is 26.8. The maximum Gasteiger partial charge on any atom is 0.254 e. The standard InChI is InChI=1S/C16H18N4O2/c21-16(14-1-3-17-4-2-14)20-7-8-22-12-13(11-20)9-15-10-18-5-6-19-15/h1-6,10,13H,7-9,11-12H2/t13-/m0/s1. The topological polar surface area (TPSA) is 68.2 Å². The van der Waals surface area contributed by atoms with Gasteiger partial charge in [-0.1, -0.05) is 0 Å². The Morgan fingerprint density at radius 3 is 2.86 bits per heavy atom. The Morgan fingerprint density at radius 1 is 1.23 bits per heavy atom. The molecule has 0 radical (unpaired) electrons. The third-order valence-corrected chi connectivity index (χ3v) is 3.67. The molecule has 1 aliphatic rings. The molecule has 0 unspecified atom stereocenters. The number of ether oxygens (including phenoxy) is 1. The van der Waals surface area contributed by atoms with Crippen molar-refractivity contribution in [3.8, 4) is 0 Å². The van der Waals surface area contributed by atoms with Gasteiger partial charge in [0.25, 0.3) is 5.91 Å². The molecule has 3 rings (SSSR count). The van der Waals surface area contributed by atoms with E-state index in [1.165, 1.54) is 0 Å². The number of pyridine rings is 1. The predicted molar refractivity (Wildman–Crippen MR) is 80.2 cm³/mol. The number of carbonyl (C=O) groups is 1. The average molecular weight is 298 g/mol. The fourth-order valence-corrected chi connectivity index (χ4v) is 2.60. The first-order valence-electron chi connectivity index (χ1n) is 7.35. The van der Waals surface area contributed by atoms with Crippen molar-refractivity contribution in [1.29, 1.82) is 0 Å². The lowest BCUT2D eigenvalue weighted by Crippen LogP contribution is -2.36. The van der Waals surface area contributed by atoms with Crippen molar-refractivity contribution in [2.45, 2.75) is 6.42 Å². The Bertz CT molecular complexity index is 606. The largest absolute Gasteiger partial charge is 0.379 e. The molecule has 1 saturated heterocycles. The van der Waals surface area contributed by atoms with Crippen LogP contribution in [0.1, 0.15) is 16.1 Å². The molecule has 2 aromatic rings. The highest BCUT2D eigenvalue weighted by Gasteiger charge is 2.23. The van der Waals surface area contributed by atoms with Crippen LogP contribution in [0.2, 0.25) is 0 Å². The Kier molecular flexibility index (Phi) is 4.70. The van der Waals surface area contributed by atoms with Gasteiger partial charge in [-0.15, -0.1) is 0 Å². The molecule has 114 valence electrons. The van der Waals surface area contributed by atoms with Crippen LogP contribution in [-0.2, 0) is 11.2 Å². The molecule has 0 N–H and O–H groups in total. The monoisotopic (exact) mass is 298 g/mol. The Hall–Kier alpha value is -2.34. The number of hydrogen-bond donors (Lipinski definition) is 0. The molecule has 0 bridgehead atoms. The zero-order valence-electron chi connectivity index (χ0n) is 12.3. The number of aromatic nitrogens is 3. The van der Waals surface area contributed by atoms with E-state index in [-0.39, 0.29) is 11.8 Å². The van der Waals surface area contributed by atoms with Crippen LogP contribution >= 0.6 is 0 Å². The molecule has 3 heterocycles. The van der Waals surface area contributed by atoms with Crippen LogP contribution < -0.4 is 0 Å². The molecule has 6 nitrogen and oxygen atoms in total. The molecule has 0 aliphatic carbocycles. The van der Waals surface area contributed by atoms with E-state index in [1.54, 1.807) is 43.1 Å². The van der Waals surface area contributed by atoms with Gasteiger partial charge in [0.05, 0.1) is 18.9 Å². The van der Waals surface area contributed by atoms with Gasteiger partial charge in [-0.25, -0.2) is 0 Å². The highest BCUT2D eigenvalue weighted by Crippen LogP contribution is 2.14. The van der Waals surface area contributed by atoms with Crippen LogP contribution in [0.25, 0.3) is 0 Å². The number of rotatable bonds is 3. The van der Waals surface area contributed by atoms with E-state index in [0.29, 0.717) is 31.9 Å². The molecule has 0 aromatic carbocycles. The lowest BCUT2D eigenvalue weighted by molar-refractivity contribution is 0.0737. The zero-order valence-corrected chi connectivity index (χ0v) is 12.3. The number of nitrogens with zero attached hydrogens (tertiary/aromatic N) is 4. The van der Waals surface area contributed by atoms with Gasteiger partial charge >= 0.3 is 0 Å². The maximum absolute atomic E-state index is 12.6. The van der Waals surface area contributed by atoms with Crippen LogP contribution in [0.15, 0.2) is 43.1 Å². The van der Waals surface area contributed by atoms with E-state index in [9.17, 15) is 4.79 Å². The molecular weight excluding hydrogens is 280 g/mol. The molecule has 6 heteroatoms. The van der Waals surface area contributed by atoms with Gasteiger partial charge in [0.15, 0.2) is 0 Å². The average Bonchev–Trinajstić information content (AvgIpc) is 2.81. The third kappa shape index (κ3) is 3.65. The van der Waals surface area contributed by atoms with Crippen LogP contribution in [0, 0.1) is 5.92 Å². The summed E-state index contributed by atoms with van der Waals surface area (Å²) in [5, 5.41) is 0. The summed E-state index contributed by atoms with van der Waals surface area (Å²) in [6.45, 7) is 2.47. The van der Waals surface area contributed by atoms with Gasteiger partial charge in [-0.3, -0.25) is 19.7 Å². The van der Waals surface area contributed by atoms with E-state index >= 15 is 0 Å². The second kappa shape index (κ2) is 7.09. The van der Waals surface area contributed by atoms with Gasteiger partial charge in [-0.05, 0) is 18.6 Å². The first-order valence-corrected chi connectivity index (χ1v) is 7.35. The molecule has 1 amide bonds. The molecular formula is C16H18N4O2. The van der Waals surface area contributed by atoms with E-state index in [0.717, 1.165) is 12.1 Å². The van der Waals surface area contributed by atoms with Gasteiger partial charge < -0.3 is 9.64 Å². The van der Waals surface area contributed by atoms with E-state index in [4.69, 9.17) is 4.74 Å². The van der Waals surface area contributed by atoms with Crippen molar-refractivity contribution in [3.05, 3.63) is 54.4 Å². The SMILES string of the molecule is O=C(c1ccncc1)N1CCOC[C@@H](Cc2cnccn2)C1. The van der Waals surface area contributed by atoms with Crippen molar-refractivity contribution < 1.29 is 9.53 Å². The van der Waals surface area contributed by atoms with Crippen molar-refractivity contribution in [1.82, 2.24) is 19.9 Å². The molecule has 0 saturated carbocycles. The van der Waals surface area contributed by atoms with Gasteiger partial charge in [-0.2, -0.15) is 0 Å². The maximum atomic E-state index is 12.6. The summed E-state index contributed by atoms with van der Waals surface area (Å²) >= 11 is 0. The molecule has 2 aromatic heterocycles. The Labute approximate surface area is 129 Å². The minimum Gasteiger partial charge on any atom is -0.379 e. The smallest absolute Gasteiger partial charge is 0.254 e. The Balaban J connectivity index is 1.69. The normalized spacial score (nSPS) is 18.7. The number of amides is 1. The van der Waals surface area contributed by atoms with Crippen molar-refractivity contribution >= 4 is 5.91 Å². The molecule has 22 heavy (non-hydrogen) atoms. The molecule has 1 aliphatic heterocycles. The Morgan fingerprint density at radius 2 is 2.09 bits per heavy atom. The third-order valence-electron chi connectivity index (χ3n) is 3.67. The predicted octanol–water partition coefficient (Wildman–Crippen LogP) is 1.20. The van der Waals surface area contributed by atoms with Crippen molar-refractivity contribution in [2.24, 2.45) is 5.92 Å². The van der Waals surface area contributed by atoms with Crippen molar-refractivity contribution in [3.63, 3.8) is 0 Å². The van der Waals surface area contributed by atoms with E-state index in [2.05, 4.69) is 15.0 Å². The lowest BCUT2D eigenvalue weighted by Gasteiger charge is -2.23. The van der Waals surface area contributed by atoms with E-state index < -0.39 is 0 Å². The van der Waals surface area contributed by atoms with Crippen LogP contribution in [0.5, 0.6) is 0 Å². The van der Waals surface area contributed by atoms with Crippen LogP contribution in [0.4, 0.5) is 0 Å². The van der Waals surface area contributed by atoms with Crippen LogP contribution in [-0.4, -0.2) is 52.1 Å². The highest BCUT2D eigenvalue weighted by molar-refractivity contribution is 5.94. The highest BCUT2D eigenvalue weighted by atomic mass is 16.5. The van der Waals surface area contributed by atoms with Crippen LogP contribution in [0.3, 0.4) is 0 Å². The van der Waals surface area contributed by atoms with Gasteiger partial charge in [0, 0.05) is 55.6 Å². The van der Waals surface area contributed by atoms with Gasteiger partial charge in [0.2, 0.25) is 0 Å². The first kappa shape index (κ1) is 14.6. The summed E-state index contributed by atoms with van der Waals surface area (Å²) in [7, 11) is 0. The summed E-state index contributed by atoms with van der Waals surface area (Å²) in [6.07, 6.45) is 9.14. The number of carbonyl (C=O) groups excluding carboxylic acids is 1. The second-order valence-electron chi connectivity index (χ2n) is 5.33. The second-order valence-corrected chi connectivity index (χ2v) is 5.33. The zero-order chi connectivity index (χ0) is 15.2. The minimum atomic E-state index is 0.0250. The first-order chi connectivity index (χ1) is 10.8. The quantitative estimate of drug-likeness (QED) is 0.852. The lowest BCUT2D eigenvalue weighted by atomic mass is 10.0. The summed E-state index contributed by atoms with van der Waals surface area (Å²) in [5.41, 5.74) is 1.59. The fraction of sp³-hybridized carbons (Fsp3) is 0.375. The molecule has 1 atom stereocenters. The molecule has 0 spiro atoms. The number of hydrogen-bond acceptors (Lipinski definition) is 5. The van der Waals surface area contributed by atoms with Gasteiger partial charge in [0.1, 0.15) is 0 Å². The molecule has 1 fully saturated rings. The van der Waals surface area contributed by atoms with Crippen molar-refractivity contribution in [2.75, 3.05) is 26.3 Å². The minimum absolute atomic E-state index is 0.0250. The summed E-state index contributed by atoms with van der Waals surface area (Å²) in [5.74, 6) is 0.252. The summed E-state index contributed by atoms with van der Waals surface area (Å²) in [6, 6.07) is 3.48.